The normalized spacial score (nSPS) is 12.2. The fourth-order valence-electron chi connectivity index (χ4n) is 1.16. The average Bonchev–Trinajstić information content (AvgIpc) is 2.14. The zero-order valence-electron chi connectivity index (χ0n) is 7.85. The molecule has 4 N–H and O–H groups in total. The largest absolute Gasteiger partial charge is 0.419 e. The molecule has 0 unspecified atom stereocenters. The number of nitrogens with zero attached hydrogens (tertiary/aromatic N) is 1. The van der Waals surface area contributed by atoms with E-state index in [1.807, 2.05) is 0 Å². The maximum absolute atomic E-state index is 12.4. The molecule has 3 nitrogen and oxygen atoms in total. The van der Waals surface area contributed by atoms with Crippen LogP contribution in [0, 0.1) is 0 Å². The molecule has 0 atom stereocenters. The van der Waals surface area contributed by atoms with Crippen molar-refractivity contribution in [1.82, 2.24) is 4.98 Å². The van der Waals surface area contributed by atoms with Crippen molar-refractivity contribution in [3.8, 4) is 0 Å². The number of nitrogens with two attached hydrogens (primary N) is 2. The predicted octanol–water partition coefficient (Wildman–Crippen LogP) is 2.08. The number of hydrogen-bond donors (Lipinski definition) is 2. The van der Waals surface area contributed by atoms with E-state index < -0.39 is 36.1 Å². The van der Waals surface area contributed by atoms with Crippen LogP contribution in [0.15, 0.2) is 6.07 Å². The van der Waals surface area contributed by atoms with Gasteiger partial charge in [0, 0.05) is 12.1 Å². The fourth-order valence-corrected chi connectivity index (χ4v) is 1.16. The lowest BCUT2D eigenvalue weighted by atomic mass is 10.1. The standard InChI is InChI=1S/C8H8F5N3/c9-6(10)3-1-4(8(11,12)13)7(15)16-5(3)2-14/h1,6H,2,14H2,(H2,15,16). The van der Waals surface area contributed by atoms with Crippen LogP contribution in [0.1, 0.15) is 23.2 Å². The molecular weight excluding hydrogens is 233 g/mol. The van der Waals surface area contributed by atoms with Gasteiger partial charge in [-0.05, 0) is 6.07 Å². The number of alkyl halides is 5. The van der Waals surface area contributed by atoms with E-state index in [9.17, 15) is 22.0 Å². The summed E-state index contributed by atoms with van der Waals surface area (Å²) in [5.74, 6) is -0.850. The van der Waals surface area contributed by atoms with E-state index >= 15 is 0 Å². The van der Waals surface area contributed by atoms with Crippen LogP contribution in [0.2, 0.25) is 0 Å². The van der Waals surface area contributed by atoms with E-state index in [1.165, 1.54) is 0 Å². The van der Waals surface area contributed by atoms with Gasteiger partial charge >= 0.3 is 6.18 Å². The first kappa shape index (κ1) is 12.6. The van der Waals surface area contributed by atoms with Crippen molar-refractivity contribution >= 4 is 5.82 Å². The molecule has 0 amide bonds. The van der Waals surface area contributed by atoms with Crippen LogP contribution in [0.25, 0.3) is 0 Å². The molecule has 8 heteroatoms. The maximum atomic E-state index is 12.4. The second-order valence-electron chi connectivity index (χ2n) is 2.96. The zero-order chi connectivity index (χ0) is 12.5. The highest BCUT2D eigenvalue weighted by molar-refractivity contribution is 5.45. The topological polar surface area (TPSA) is 64.9 Å². The molecule has 0 aliphatic heterocycles. The lowest BCUT2D eigenvalue weighted by Gasteiger charge is -2.13. The SMILES string of the molecule is NCc1nc(N)c(C(F)(F)F)cc1C(F)F. The van der Waals surface area contributed by atoms with Gasteiger partial charge in [0.2, 0.25) is 0 Å². The van der Waals surface area contributed by atoms with Gasteiger partial charge in [-0.1, -0.05) is 0 Å². The third-order valence-electron chi connectivity index (χ3n) is 1.90. The van der Waals surface area contributed by atoms with Crippen LogP contribution in [-0.4, -0.2) is 4.98 Å². The Bertz CT molecular complexity index is 388. The molecule has 0 saturated heterocycles. The first-order chi connectivity index (χ1) is 7.27. The molecule has 16 heavy (non-hydrogen) atoms. The quantitative estimate of drug-likeness (QED) is 0.779. The van der Waals surface area contributed by atoms with Crippen LogP contribution >= 0.6 is 0 Å². The molecule has 0 fully saturated rings. The molecule has 0 aliphatic rings. The Kier molecular flexibility index (Phi) is 3.32. The van der Waals surface area contributed by atoms with Crippen LogP contribution in [0.5, 0.6) is 0 Å². The highest BCUT2D eigenvalue weighted by Crippen LogP contribution is 2.35. The summed E-state index contributed by atoms with van der Waals surface area (Å²) < 4.78 is 61.8. The summed E-state index contributed by atoms with van der Waals surface area (Å²) in [6.07, 6.45) is -7.89. The van der Waals surface area contributed by atoms with E-state index in [2.05, 4.69) is 4.98 Å². The molecule has 0 saturated carbocycles. The summed E-state index contributed by atoms with van der Waals surface area (Å²) >= 11 is 0. The van der Waals surface area contributed by atoms with Gasteiger partial charge in [0.15, 0.2) is 0 Å². The van der Waals surface area contributed by atoms with Crippen LogP contribution in [0.4, 0.5) is 27.8 Å². The van der Waals surface area contributed by atoms with Crippen molar-refractivity contribution in [3.63, 3.8) is 0 Å². The van der Waals surface area contributed by atoms with Crippen LogP contribution < -0.4 is 11.5 Å². The first-order valence-electron chi connectivity index (χ1n) is 4.12. The summed E-state index contributed by atoms with van der Waals surface area (Å²) in [6.45, 7) is -0.401. The molecule has 1 aromatic rings. The van der Waals surface area contributed by atoms with Crippen LogP contribution in [-0.2, 0) is 12.7 Å². The molecule has 0 bridgehead atoms. The Morgan fingerprint density at radius 3 is 2.25 bits per heavy atom. The molecule has 0 radical (unpaired) electrons. The first-order valence-corrected chi connectivity index (χ1v) is 4.12. The smallest absolute Gasteiger partial charge is 0.383 e. The van der Waals surface area contributed by atoms with E-state index in [1.54, 1.807) is 0 Å². The second kappa shape index (κ2) is 4.20. The Morgan fingerprint density at radius 2 is 1.88 bits per heavy atom. The highest BCUT2D eigenvalue weighted by Gasteiger charge is 2.35. The molecule has 0 aliphatic carbocycles. The minimum absolute atomic E-state index is 0.287. The number of hydrogen-bond acceptors (Lipinski definition) is 3. The minimum Gasteiger partial charge on any atom is -0.383 e. The van der Waals surface area contributed by atoms with Gasteiger partial charge in [-0.15, -0.1) is 0 Å². The van der Waals surface area contributed by atoms with Gasteiger partial charge in [-0.2, -0.15) is 13.2 Å². The van der Waals surface area contributed by atoms with Crippen molar-refractivity contribution in [3.05, 3.63) is 22.9 Å². The Labute approximate surface area is 87.3 Å². The number of anilines is 1. The fraction of sp³-hybridized carbons (Fsp3) is 0.375. The summed E-state index contributed by atoms with van der Waals surface area (Å²) in [5.41, 5.74) is 7.55. The zero-order valence-corrected chi connectivity index (χ0v) is 7.85. The summed E-state index contributed by atoms with van der Waals surface area (Å²) in [4.78, 5) is 3.23. The van der Waals surface area contributed by atoms with Gasteiger partial charge < -0.3 is 11.5 Å². The van der Waals surface area contributed by atoms with E-state index in [-0.39, 0.29) is 11.8 Å². The van der Waals surface area contributed by atoms with Crippen molar-refractivity contribution in [2.75, 3.05) is 5.73 Å². The van der Waals surface area contributed by atoms with Crippen molar-refractivity contribution < 1.29 is 22.0 Å². The second-order valence-corrected chi connectivity index (χ2v) is 2.96. The third-order valence-corrected chi connectivity index (χ3v) is 1.90. The van der Waals surface area contributed by atoms with E-state index in [0.717, 1.165) is 0 Å². The molecule has 0 spiro atoms. The van der Waals surface area contributed by atoms with Gasteiger partial charge in [0.1, 0.15) is 5.82 Å². The third kappa shape index (κ3) is 2.38. The van der Waals surface area contributed by atoms with Gasteiger partial charge in [0.05, 0.1) is 11.3 Å². The summed E-state index contributed by atoms with van der Waals surface area (Å²) in [5, 5.41) is 0. The lowest BCUT2D eigenvalue weighted by Crippen LogP contribution is -2.15. The Morgan fingerprint density at radius 1 is 1.31 bits per heavy atom. The average molecular weight is 241 g/mol. The maximum Gasteiger partial charge on any atom is 0.419 e. The Hall–Kier alpha value is -1.44. The van der Waals surface area contributed by atoms with Gasteiger partial charge in [-0.3, -0.25) is 0 Å². The molecule has 1 rings (SSSR count). The monoisotopic (exact) mass is 241 g/mol. The molecule has 90 valence electrons. The number of nitrogen functional groups attached to an aromatic ring is 1. The summed E-state index contributed by atoms with van der Waals surface area (Å²) in [7, 11) is 0. The van der Waals surface area contributed by atoms with E-state index in [4.69, 9.17) is 11.5 Å². The van der Waals surface area contributed by atoms with Crippen molar-refractivity contribution in [2.45, 2.75) is 19.1 Å². The molecule has 0 aromatic carbocycles. The number of rotatable bonds is 2. The molecular formula is C8H8F5N3. The summed E-state index contributed by atoms with van der Waals surface area (Å²) in [6, 6.07) is 0.287. The van der Waals surface area contributed by atoms with Gasteiger partial charge in [-0.25, -0.2) is 13.8 Å². The Balaban J connectivity index is 3.39. The molecule has 1 heterocycles. The van der Waals surface area contributed by atoms with Crippen LogP contribution in [0.3, 0.4) is 0 Å². The van der Waals surface area contributed by atoms with Crippen molar-refractivity contribution in [2.24, 2.45) is 5.73 Å². The lowest BCUT2D eigenvalue weighted by molar-refractivity contribution is -0.137. The number of halogens is 5. The van der Waals surface area contributed by atoms with Crippen molar-refractivity contribution in [1.29, 1.82) is 0 Å². The predicted molar refractivity (Wildman–Crippen MR) is 46.5 cm³/mol. The molecule has 1 aromatic heterocycles. The van der Waals surface area contributed by atoms with E-state index in [0.29, 0.717) is 0 Å². The highest BCUT2D eigenvalue weighted by atomic mass is 19.4. The van der Waals surface area contributed by atoms with Gasteiger partial charge in [0.25, 0.3) is 6.43 Å². The number of aromatic nitrogens is 1. The number of pyridine rings is 1. The minimum atomic E-state index is -4.81.